The predicted octanol–water partition coefficient (Wildman–Crippen LogP) is 3.87. The van der Waals surface area contributed by atoms with Gasteiger partial charge < -0.3 is 5.11 Å². The third-order valence-electron chi connectivity index (χ3n) is 2.76. The van der Waals surface area contributed by atoms with Crippen molar-refractivity contribution in [2.45, 2.75) is 46.1 Å². The smallest absolute Gasteiger partial charge is 0.0594 e. The molecule has 0 saturated carbocycles. The summed E-state index contributed by atoms with van der Waals surface area (Å²) in [5, 5.41) is 9.56. The zero-order valence-corrected chi connectivity index (χ0v) is 10.7. The predicted molar refractivity (Wildman–Crippen MR) is 70.5 cm³/mol. The maximum atomic E-state index is 9.56. The lowest BCUT2D eigenvalue weighted by atomic mass is 10.0. The minimum atomic E-state index is -0.562. The molecule has 1 aromatic rings. The van der Waals surface area contributed by atoms with Crippen molar-refractivity contribution in [2.75, 3.05) is 0 Å². The largest absolute Gasteiger partial charge is 0.390 e. The van der Waals surface area contributed by atoms with E-state index in [0.29, 0.717) is 0 Å². The lowest BCUT2D eigenvalue weighted by Crippen LogP contribution is -2.17. The van der Waals surface area contributed by atoms with Crippen LogP contribution in [0.15, 0.2) is 24.3 Å². The van der Waals surface area contributed by atoms with Crippen LogP contribution < -0.4 is 0 Å². The third-order valence-corrected chi connectivity index (χ3v) is 2.76. The fraction of sp³-hybridized carbons (Fsp3) is 0.467. The first kappa shape index (κ1) is 13.0. The Hall–Kier alpha value is -1.08. The fourth-order valence-electron chi connectivity index (χ4n) is 1.52. The van der Waals surface area contributed by atoms with Crippen molar-refractivity contribution in [2.24, 2.45) is 0 Å². The summed E-state index contributed by atoms with van der Waals surface area (Å²) in [4.78, 5) is 0. The van der Waals surface area contributed by atoms with Gasteiger partial charge in [-0.1, -0.05) is 30.4 Å². The standard InChI is InChI=1S/C15H22O/c1-12-8-9-14(11-13(12)2)7-5-6-10-15(3,4)16/h5,7-9,11,16H,6,10H2,1-4H3/b7-5+. The van der Waals surface area contributed by atoms with Crippen LogP contribution in [0.2, 0.25) is 0 Å². The highest BCUT2D eigenvalue weighted by Crippen LogP contribution is 2.14. The maximum absolute atomic E-state index is 9.56. The van der Waals surface area contributed by atoms with E-state index in [-0.39, 0.29) is 0 Å². The quantitative estimate of drug-likeness (QED) is 0.813. The Bertz CT molecular complexity index is 370. The van der Waals surface area contributed by atoms with Gasteiger partial charge in [-0.25, -0.2) is 0 Å². The van der Waals surface area contributed by atoms with Crippen molar-refractivity contribution in [3.63, 3.8) is 0 Å². The summed E-state index contributed by atoms with van der Waals surface area (Å²) < 4.78 is 0. The number of allylic oxidation sites excluding steroid dienone is 1. The minimum absolute atomic E-state index is 0.562. The highest BCUT2D eigenvalue weighted by Gasteiger charge is 2.09. The van der Waals surface area contributed by atoms with Crippen LogP contribution in [-0.4, -0.2) is 10.7 Å². The molecule has 0 radical (unpaired) electrons. The number of benzene rings is 1. The second-order valence-electron chi connectivity index (χ2n) is 5.10. The van der Waals surface area contributed by atoms with Crippen LogP contribution in [0.3, 0.4) is 0 Å². The monoisotopic (exact) mass is 218 g/mol. The van der Waals surface area contributed by atoms with Crippen LogP contribution in [0.5, 0.6) is 0 Å². The molecule has 16 heavy (non-hydrogen) atoms. The van der Waals surface area contributed by atoms with E-state index in [2.05, 4.69) is 44.2 Å². The van der Waals surface area contributed by atoms with E-state index in [1.54, 1.807) is 0 Å². The highest BCUT2D eigenvalue weighted by molar-refractivity contribution is 5.51. The van der Waals surface area contributed by atoms with Crippen molar-refractivity contribution in [1.82, 2.24) is 0 Å². The summed E-state index contributed by atoms with van der Waals surface area (Å²) in [6.07, 6.45) is 5.96. The Morgan fingerprint density at radius 3 is 2.44 bits per heavy atom. The van der Waals surface area contributed by atoms with Crippen molar-refractivity contribution in [3.8, 4) is 0 Å². The molecule has 1 rings (SSSR count). The van der Waals surface area contributed by atoms with Crippen LogP contribution in [-0.2, 0) is 0 Å². The normalized spacial score (nSPS) is 12.3. The van der Waals surface area contributed by atoms with Crippen LogP contribution >= 0.6 is 0 Å². The van der Waals surface area contributed by atoms with Crippen molar-refractivity contribution in [3.05, 3.63) is 41.0 Å². The molecule has 0 bridgehead atoms. The second kappa shape index (κ2) is 5.31. The Balaban J connectivity index is 2.53. The molecular weight excluding hydrogens is 196 g/mol. The van der Waals surface area contributed by atoms with E-state index >= 15 is 0 Å². The molecule has 0 amide bonds. The molecule has 1 nitrogen and oxygen atoms in total. The summed E-state index contributed by atoms with van der Waals surface area (Å²) in [7, 11) is 0. The van der Waals surface area contributed by atoms with E-state index in [4.69, 9.17) is 0 Å². The molecule has 1 N–H and O–H groups in total. The minimum Gasteiger partial charge on any atom is -0.390 e. The topological polar surface area (TPSA) is 20.2 Å². The van der Waals surface area contributed by atoms with E-state index in [0.717, 1.165) is 12.8 Å². The van der Waals surface area contributed by atoms with Gasteiger partial charge in [-0.3, -0.25) is 0 Å². The number of hydrogen-bond acceptors (Lipinski definition) is 1. The second-order valence-corrected chi connectivity index (χ2v) is 5.10. The first-order chi connectivity index (χ1) is 7.38. The van der Waals surface area contributed by atoms with E-state index in [9.17, 15) is 5.11 Å². The van der Waals surface area contributed by atoms with Gasteiger partial charge in [0.1, 0.15) is 0 Å². The average molecular weight is 218 g/mol. The SMILES string of the molecule is Cc1ccc(/C=C/CCC(C)(C)O)cc1C. The van der Waals surface area contributed by atoms with Gasteiger partial charge in [0.05, 0.1) is 5.60 Å². The highest BCUT2D eigenvalue weighted by atomic mass is 16.3. The number of aliphatic hydroxyl groups is 1. The summed E-state index contributed by atoms with van der Waals surface area (Å²) in [5.74, 6) is 0. The van der Waals surface area contributed by atoms with Crippen LogP contribution in [0.4, 0.5) is 0 Å². The maximum Gasteiger partial charge on any atom is 0.0594 e. The zero-order chi connectivity index (χ0) is 12.2. The summed E-state index contributed by atoms with van der Waals surface area (Å²) in [6, 6.07) is 6.46. The average Bonchev–Trinajstić information content (AvgIpc) is 2.17. The lowest BCUT2D eigenvalue weighted by Gasteiger charge is -2.14. The molecule has 0 atom stereocenters. The first-order valence-electron chi connectivity index (χ1n) is 5.85. The molecule has 0 saturated heterocycles. The van der Waals surface area contributed by atoms with Crippen molar-refractivity contribution >= 4 is 6.08 Å². The van der Waals surface area contributed by atoms with Crippen molar-refractivity contribution < 1.29 is 5.11 Å². The molecule has 1 aromatic carbocycles. The van der Waals surface area contributed by atoms with Gasteiger partial charge in [-0.2, -0.15) is 0 Å². The molecule has 0 unspecified atom stereocenters. The Labute approximate surface area is 98.8 Å². The van der Waals surface area contributed by atoms with E-state index < -0.39 is 5.60 Å². The van der Waals surface area contributed by atoms with Gasteiger partial charge in [0.15, 0.2) is 0 Å². The van der Waals surface area contributed by atoms with Gasteiger partial charge in [-0.05, 0) is 57.2 Å². The number of hydrogen-bond donors (Lipinski definition) is 1. The molecule has 0 aromatic heterocycles. The fourth-order valence-corrected chi connectivity index (χ4v) is 1.52. The van der Waals surface area contributed by atoms with Gasteiger partial charge in [0.25, 0.3) is 0 Å². The lowest BCUT2D eigenvalue weighted by molar-refractivity contribution is 0.0722. The molecule has 0 fully saturated rings. The molecule has 1 heteroatoms. The van der Waals surface area contributed by atoms with Gasteiger partial charge in [-0.15, -0.1) is 0 Å². The molecule has 0 aliphatic carbocycles. The molecule has 0 aliphatic heterocycles. The third kappa shape index (κ3) is 4.63. The van der Waals surface area contributed by atoms with Crippen LogP contribution in [0.25, 0.3) is 6.08 Å². The molecule has 0 aliphatic rings. The Morgan fingerprint density at radius 1 is 1.19 bits per heavy atom. The summed E-state index contributed by atoms with van der Waals surface area (Å²) in [5.41, 5.74) is 3.32. The first-order valence-corrected chi connectivity index (χ1v) is 5.85. The van der Waals surface area contributed by atoms with Gasteiger partial charge in [0, 0.05) is 0 Å². The van der Waals surface area contributed by atoms with Crippen molar-refractivity contribution in [1.29, 1.82) is 0 Å². The molecule has 88 valence electrons. The van der Waals surface area contributed by atoms with Crippen LogP contribution in [0, 0.1) is 13.8 Å². The van der Waals surface area contributed by atoms with Gasteiger partial charge >= 0.3 is 0 Å². The summed E-state index contributed by atoms with van der Waals surface area (Å²) >= 11 is 0. The number of aryl methyl sites for hydroxylation is 2. The molecule has 0 heterocycles. The van der Waals surface area contributed by atoms with E-state index in [1.807, 2.05) is 13.8 Å². The summed E-state index contributed by atoms with van der Waals surface area (Å²) in [6.45, 7) is 7.94. The van der Waals surface area contributed by atoms with Gasteiger partial charge in [0.2, 0.25) is 0 Å². The molecular formula is C15H22O. The van der Waals surface area contributed by atoms with Crippen LogP contribution in [0.1, 0.15) is 43.4 Å². The van der Waals surface area contributed by atoms with E-state index in [1.165, 1.54) is 16.7 Å². The zero-order valence-electron chi connectivity index (χ0n) is 10.7. The molecule has 0 spiro atoms. The Kier molecular flexibility index (Phi) is 4.31. The number of rotatable bonds is 4. The Morgan fingerprint density at radius 2 is 1.88 bits per heavy atom.